The van der Waals surface area contributed by atoms with Crippen LogP contribution >= 0.6 is 22.9 Å². The summed E-state index contributed by atoms with van der Waals surface area (Å²) >= 11 is 7.71. The molecule has 1 amide bonds. The Hall–Kier alpha value is -2.71. The van der Waals surface area contributed by atoms with E-state index in [0.717, 1.165) is 26.9 Å². The third-order valence-electron chi connectivity index (χ3n) is 3.46. The maximum absolute atomic E-state index is 12.3. The van der Waals surface area contributed by atoms with Crippen LogP contribution < -0.4 is 11.3 Å². The maximum atomic E-state index is 12.3. The Labute approximate surface area is 144 Å². The number of carbonyl (C=O) groups is 1. The van der Waals surface area contributed by atoms with Gasteiger partial charge in [0.05, 0.1) is 22.7 Å². The Bertz CT molecular complexity index is 1040. The second-order valence-corrected chi connectivity index (χ2v) is 6.52. The van der Waals surface area contributed by atoms with Gasteiger partial charge in [-0.1, -0.05) is 29.8 Å². The molecule has 0 unspecified atom stereocenters. The minimum absolute atomic E-state index is 0.0129. The predicted octanol–water partition coefficient (Wildman–Crippen LogP) is 2.77. The van der Waals surface area contributed by atoms with Crippen molar-refractivity contribution in [1.82, 2.24) is 4.57 Å². The molecule has 0 fully saturated rings. The molecular formula is C15H10ClN3O4S. The standard InChI is InChI=1S/C15H10ClN3O4S/c16-13-9-3-1-2-4-11(9)24-12(13)7-18-6-8(19(22)23)5-10(14(17)20)15(18)21/h1-6H,7H2,(H2,17,20). The second-order valence-electron chi connectivity index (χ2n) is 5.00. The highest BCUT2D eigenvalue weighted by Gasteiger charge is 2.19. The van der Waals surface area contributed by atoms with Crippen molar-refractivity contribution < 1.29 is 9.72 Å². The van der Waals surface area contributed by atoms with Crippen LogP contribution in [0.1, 0.15) is 15.2 Å². The molecule has 0 saturated carbocycles. The fourth-order valence-electron chi connectivity index (χ4n) is 2.33. The Morgan fingerprint density at radius 3 is 2.71 bits per heavy atom. The zero-order chi connectivity index (χ0) is 17.4. The Kier molecular flexibility index (Phi) is 4.08. The van der Waals surface area contributed by atoms with Gasteiger partial charge in [-0.25, -0.2) is 0 Å². The highest BCUT2D eigenvalue weighted by Crippen LogP contribution is 2.35. The first-order valence-electron chi connectivity index (χ1n) is 6.73. The summed E-state index contributed by atoms with van der Waals surface area (Å²) in [5.74, 6) is -1.01. The van der Waals surface area contributed by atoms with Crippen molar-refractivity contribution in [3.63, 3.8) is 0 Å². The van der Waals surface area contributed by atoms with Crippen molar-refractivity contribution in [1.29, 1.82) is 0 Å². The third-order valence-corrected chi connectivity index (χ3v) is 5.16. The molecule has 2 N–H and O–H groups in total. The van der Waals surface area contributed by atoms with Crippen LogP contribution in [0.3, 0.4) is 0 Å². The first kappa shape index (κ1) is 16.2. The minimum atomic E-state index is -1.01. The van der Waals surface area contributed by atoms with Gasteiger partial charge in [-0.2, -0.15) is 0 Å². The van der Waals surface area contributed by atoms with Gasteiger partial charge in [-0.15, -0.1) is 11.3 Å². The van der Waals surface area contributed by atoms with E-state index in [1.165, 1.54) is 11.3 Å². The number of primary amides is 1. The van der Waals surface area contributed by atoms with Crippen LogP contribution in [0.15, 0.2) is 41.3 Å². The summed E-state index contributed by atoms with van der Waals surface area (Å²) in [5, 5.41) is 12.3. The molecule has 2 aromatic heterocycles. The summed E-state index contributed by atoms with van der Waals surface area (Å²) in [6, 6.07) is 8.33. The molecule has 0 spiro atoms. The van der Waals surface area contributed by atoms with Gasteiger partial charge in [0.2, 0.25) is 0 Å². The zero-order valence-electron chi connectivity index (χ0n) is 12.1. The van der Waals surface area contributed by atoms with Crippen molar-refractivity contribution in [3.05, 3.63) is 72.5 Å². The molecular weight excluding hydrogens is 354 g/mol. The second kappa shape index (κ2) is 6.06. The van der Waals surface area contributed by atoms with E-state index in [1.54, 1.807) is 0 Å². The summed E-state index contributed by atoms with van der Waals surface area (Å²) in [6.07, 6.45) is 1.08. The van der Waals surface area contributed by atoms with E-state index < -0.39 is 22.0 Å². The molecule has 122 valence electrons. The number of nitrogens with zero attached hydrogens (tertiary/aromatic N) is 2. The van der Waals surface area contributed by atoms with Crippen molar-refractivity contribution in [2.24, 2.45) is 5.73 Å². The molecule has 9 heteroatoms. The molecule has 0 bridgehead atoms. The van der Waals surface area contributed by atoms with Gasteiger partial charge in [0.15, 0.2) is 0 Å². The third kappa shape index (κ3) is 2.77. The number of hydrogen-bond acceptors (Lipinski definition) is 5. The highest BCUT2D eigenvalue weighted by atomic mass is 35.5. The Morgan fingerprint density at radius 2 is 2.08 bits per heavy atom. The molecule has 3 aromatic rings. The fraction of sp³-hybridized carbons (Fsp3) is 0.0667. The first-order valence-corrected chi connectivity index (χ1v) is 7.92. The molecule has 2 heterocycles. The number of fused-ring (bicyclic) bond motifs is 1. The molecule has 3 rings (SSSR count). The van der Waals surface area contributed by atoms with Crippen LogP contribution in [0.5, 0.6) is 0 Å². The molecule has 24 heavy (non-hydrogen) atoms. The lowest BCUT2D eigenvalue weighted by Gasteiger charge is -2.06. The molecule has 1 aromatic carbocycles. The lowest BCUT2D eigenvalue weighted by atomic mass is 10.2. The van der Waals surface area contributed by atoms with Gasteiger partial charge < -0.3 is 10.3 Å². The Balaban J connectivity index is 2.15. The van der Waals surface area contributed by atoms with Crippen LogP contribution in [0.25, 0.3) is 10.1 Å². The monoisotopic (exact) mass is 363 g/mol. The zero-order valence-corrected chi connectivity index (χ0v) is 13.6. The molecule has 0 saturated heterocycles. The normalized spacial score (nSPS) is 10.9. The largest absolute Gasteiger partial charge is 0.365 e. The van der Waals surface area contributed by atoms with Gasteiger partial charge in [-0.3, -0.25) is 19.7 Å². The van der Waals surface area contributed by atoms with Gasteiger partial charge in [-0.05, 0) is 6.07 Å². The van der Waals surface area contributed by atoms with Gasteiger partial charge >= 0.3 is 0 Å². The van der Waals surface area contributed by atoms with Crippen LogP contribution in [0.4, 0.5) is 5.69 Å². The number of carbonyl (C=O) groups excluding carboxylic acids is 1. The van der Waals surface area contributed by atoms with Crippen molar-refractivity contribution >= 4 is 44.6 Å². The number of thiophene rings is 1. The molecule has 0 radical (unpaired) electrons. The summed E-state index contributed by atoms with van der Waals surface area (Å²) in [4.78, 5) is 34.7. The summed E-state index contributed by atoms with van der Waals surface area (Å²) in [7, 11) is 0. The molecule has 0 aliphatic rings. The summed E-state index contributed by atoms with van der Waals surface area (Å²) in [6.45, 7) is 0.0129. The smallest absolute Gasteiger partial charge is 0.286 e. The van der Waals surface area contributed by atoms with Crippen LogP contribution in [0.2, 0.25) is 5.02 Å². The number of nitrogens with two attached hydrogens (primary N) is 1. The number of aromatic nitrogens is 1. The number of hydrogen-bond donors (Lipinski definition) is 1. The number of benzene rings is 1. The maximum Gasteiger partial charge on any atom is 0.286 e. The average Bonchev–Trinajstić information content (AvgIpc) is 2.85. The summed E-state index contributed by atoms with van der Waals surface area (Å²) < 4.78 is 2.01. The number of rotatable bonds is 4. The predicted molar refractivity (Wildman–Crippen MR) is 91.8 cm³/mol. The lowest BCUT2D eigenvalue weighted by Crippen LogP contribution is -2.29. The minimum Gasteiger partial charge on any atom is -0.365 e. The number of halogens is 1. The fourth-order valence-corrected chi connectivity index (χ4v) is 3.83. The van der Waals surface area contributed by atoms with Crippen molar-refractivity contribution in [2.75, 3.05) is 0 Å². The van der Waals surface area contributed by atoms with E-state index in [2.05, 4.69) is 0 Å². The van der Waals surface area contributed by atoms with Gasteiger partial charge in [0.25, 0.3) is 17.2 Å². The molecule has 7 nitrogen and oxygen atoms in total. The van der Waals surface area contributed by atoms with E-state index in [1.807, 2.05) is 24.3 Å². The molecule has 0 aliphatic carbocycles. The SMILES string of the molecule is NC(=O)c1cc([N+](=O)[O-])cn(Cc2sc3ccccc3c2Cl)c1=O. The Morgan fingerprint density at radius 1 is 1.38 bits per heavy atom. The lowest BCUT2D eigenvalue weighted by molar-refractivity contribution is -0.385. The van der Waals surface area contributed by atoms with Gasteiger partial charge in [0.1, 0.15) is 5.56 Å². The number of nitro groups is 1. The quantitative estimate of drug-likeness (QED) is 0.567. The van der Waals surface area contributed by atoms with E-state index in [-0.39, 0.29) is 12.2 Å². The van der Waals surface area contributed by atoms with Crippen LogP contribution in [-0.2, 0) is 6.54 Å². The van der Waals surface area contributed by atoms with Gasteiger partial charge in [0, 0.05) is 21.0 Å². The van der Waals surface area contributed by atoms with E-state index in [4.69, 9.17) is 17.3 Å². The molecule has 0 aliphatic heterocycles. The topological polar surface area (TPSA) is 108 Å². The van der Waals surface area contributed by atoms with Crippen LogP contribution in [-0.4, -0.2) is 15.4 Å². The number of amides is 1. The van der Waals surface area contributed by atoms with Crippen molar-refractivity contribution in [3.8, 4) is 0 Å². The van der Waals surface area contributed by atoms with E-state index in [9.17, 15) is 19.7 Å². The van der Waals surface area contributed by atoms with E-state index in [0.29, 0.717) is 9.90 Å². The van der Waals surface area contributed by atoms with E-state index >= 15 is 0 Å². The average molecular weight is 364 g/mol. The summed E-state index contributed by atoms with van der Waals surface area (Å²) in [5.41, 5.74) is 3.63. The van der Waals surface area contributed by atoms with Crippen LogP contribution in [0, 0.1) is 10.1 Å². The van der Waals surface area contributed by atoms with Crippen molar-refractivity contribution in [2.45, 2.75) is 6.54 Å². The molecule has 0 atom stereocenters. The number of pyridine rings is 1. The first-order chi connectivity index (χ1) is 11.4. The highest BCUT2D eigenvalue weighted by molar-refractivity contribution is 7.19.